The second-order valence-corrected chi connectivity index (χ2v) is 5.21. The van der Waals surface area contributed by atoms with E-state index in [-0.39, 0.29) is 6.61 Å². The number of hydrogen-bond acceptors (Lipinski definition) is 5. The first-order chi connectivity index (χ1) is 7.31. The molecule has 0 aromatic carbocycles. The molecule has 5 nitrogen and oxygen atoms in total. The van der Waals surface area contributed by atoms with Crippen molar-refractivity contribution in [2.75, 3.05) is 6.61 Å². The Balaban J connectivity index is 4.78. The predicted molar refractivity (Wildman–Crippen MR) is 61.1 cm³/mol. The van der Waals surface area contributed by atoms with E-state index in [0.29, 0.717) is 12.8 Å². The Morgan fingerprint density at radius 3 is 2.06 bits per heavy atom. The zero-order valence-corrected chi connectivity index (χ0v) is 11.5. The summed E-state index contributed by atoms with van der Waals surface area (Å²) in [6, 6.07) is 0. The lowest BCUT2D eigenvalue weighted by Crippen LogP contribution is -2.26. The molecule has 0 bridgehead atoms. The van der Waals surface area contributed by atoms with Gasteiger partial charge in [0.05, 0.1) is 12.2 Å². The monoisotopic (exact) mass is 252 g/mol. The van der Waals surface area contributed by atoms with E-state index in [9.17, 15) is 9.36 Å². The lowest BCUT2D eigenvalue weighted by Gasteiger charge is -2.29. The van der Waals surface area contributed by atoms with Crippen molar-refractivity contribution in [3.63, 3.8) is 0 Å². The molecular formula is C10H21O5P. The standard InChI is InChI=1S/C10H21O5P/c1-6-10(5,7-2)15-16(12,13-8-3)14-9(4)11/h6-8H2,1-5H3. The molecule has 0 fully saturated rings. The highest BCUT2D eigenvalue weighted by atomic mass is 31.2. The summed E-state index contributed by atoms with van der Waals surface area (Å²) in [6.45, 7) is 8.62. The van der Waals surface area contributed by atoms with Crippen LogP contribution in [0.3, 0.4) is 0 Å². The minimum atomic E-state index is -3.78. The summed E-state index contributed by atoms with van der Waals surface area (Å²) in [6.07, 6.45) is 1.31. The summed E-state index contributed by atoms with van der Waals surface area (Å²) in [7, 11) is -3.78. The average Bonchev–Trinajstić information content (AvgIpc) is 2.16. The quantitative estimate of drug-likeness (QED) is 0.650. The Morgan fingerprint density at radius 1 is 1.25 bits per heavy atom. The van der Waals surface area contributed by atoms with Gasteiger partial charge in [0.2, 0.25) is 0 Å². The summed E-state index contributed by atoms with van der Waals surface area (Å²) >= 11 is 0. The van der Waals surface area contributed by atoms with Crippen molar-refractivity contribution in [3.05, 3.63) is 0 Å². The third-order valence-electron chi connectivity index (χ3n) is 2.36. The fraction of sp³-hybridized carbons (Fsp3) is 0.900. The topological polar surface area (TPSA) is 61.8 Å². The van der Waals surface area contributed by atoms with Crippen molar-refractivity contribution in [1.82, 2.24) is 0 Å². The molecule has 0 aliphatic carbocycles. The maximum absolute atomic E-state index is 12.1. The van der Waals surface area contributed by atoms with Crippen LogP contribution in [0.1, 0.15) is 47.5 Å². The first-order valence-electron chi connectivity index (χ1n) is 5.46. The molecule has 0 spiro atoms. The van der Waals surface area contributed by atoms with Crippen LogP contribution in [0.15, 0.2) is 0 Å². The van der Waals surface area contributed by atoms with E-state index < -0.39 is 19.4 Å². The molecule has 0 amide bonds. The van der Waals surface area contributed by atoms with Crippen molar-refractivity contribution in [3.8, 4) is 0 Å². The lowest BCUT2D eigenvalue weighted by atomic mass is 10.0. The van der Waals surface area contributed by atoms with Crippen LogP contribution in [-0.2, 0) is 22.9 Å². The van der Waals surface area contributed by atoms with Gasteiger partial charge in [0, 0.05) is 6.92 Å². The number of carbonyl (C=O) groups excluding carboxylic acids is 1. The fourth-order valence-corrected chi connectivity index (χ4v) is 2.61. The number of carbonyl (C=O) groups is 1. The summed E-state index contributed by atoms with van der Waals surface area (Å²) in [4.78, 5) is 10.8. The minimum absolute atomic E-state index is 0.161. The number of rotatable bonds is 7. The Labute approximate surface area is 97.1 Å². The fourth-order valence-electron chi connectivity index (χ4n) is 1.04. The van der Waals surface area contributed by atoms with E-state index >= 15 is 0 Å². The van der Waals surface area contributed by atoms with Crippen LogP contribution in [-0.4, -0.2) is 18.2 Å². The molecular weight excluding hydrogens is 231 g/mol. The molecule has 0 aliphatic rings. The first kappa shape index (κ1) is 15.6. The second kappa shape index (κ2) is 6.38. The van der Waals surface area contributed by atoms with Crippen molar-refractivity contribution in [2.24, 2.45) is 0 Å². The van der Waals surface area contributed by atoms with Gasteiger partial charge in [0.15, 0.2) is 0 Å². The van der Waals surface area contributed by atoms with Gasteiger partial charge >= 0.3 is 13.8 Å². The Bertz CT molecular complexity index is 272. The van der Waals surface area contributed by atoms with Gasteiger partial charge in [-0.05, 0) is 26.7 Å². The third-order valence-corrected chi connectivity index (χ3v) is 4.08. The molecule has 0 radical (unpaired) electrons. The minimum Gasteiger partial charge on any atom is -0.371 e. The molecule has 0 aromatic heterocycles. The molecule has 1 unspecified atom stereocenters. The zero-order chi connectivity index (χ0) is 12.8. The first-order valence-corrected chi connectivity index (χ1v) is 6.92. The highest BCUT2D eigenvalue weighted by Crippen LogP contribution is 2.53. The summed E-state index contributed by atoms with van der Waals surface area (Å²) < 4.78 is 27.0. The van der Waals surface area contributed by atoms with E-state index in [2.05, 4.69) is 4.52 Å². The van der Waals surface area contributed by atoms with Crippen LogP contribution >= 0.6 is 7.82 Å². The van der Waals surface area contributed by atoms with Gasteiger partial charge in [0.25, 0.3) is 0 Å². The molecule has 16 heavy (non-hydrogen) atoms. The molecule has 1 atom stereocenters. The lowest BCUT2D eigenvalue weighted by molar-refractivity contribution is -0.134. The van der Waals surface area contributed by atoms with Gasteiger partial charge in [-0.15, -0.1) is 0 Å². The molecule has 0 rings (SSSR count). The van der Waals surface area contributed by atoms with Gasteiger partial charge in [-0.1, -0.05) is 13.8 Å². The summed E-state index contributed by atoms with van der Waals surface area (Å²) in [5, 5.41) is 0. The molecule has 0 aliphatic heterocycles. The highest BCUT2D eigenvalue weighted by molar-refractivity contribution is 7.49. The Hall–Kier alpha value is -0.380. The van der Waals surface area contributed by atoms with E-state index in [1.165, 1.54) is 6.92 Å². The van der Waals surface area contributed by atoms with Gasteiger partial charge in [-0.2, -0.15) is 0 Å². The molecule has 0 saturated heterocycles. The van der Waals surface area contributed by atoms with E-state index in [4.69, 9.17) is 9.05 Å². The molecule has 96 valence electrons. The molecule has 0 heterocycles. The Morgan fingerprint density at radius 2 is 1.75 bits per heavy atom. The maximum Gasteiger partial charge on any atom is 0.532 e. The number of phosphoric acid groups is 1. The van der Waals surface area contributed by atoms with Crippen LogP contribution in [0.25, 0.3) is 0 Å². The van der Waals surface area contributed by atoms with Crippen LogP contribution in [0, 0.1) is 0 Å². The summed E-state index contributed by atoms with van der Waals surface area (Å²) in [5.41, 5.74) is -0.611. The second-order valence-electron chi connectivity index (χ2n) is 3.70. The van der Waals surface area contributed by atoms with Crippen LogP contribution in [0.4, 0.5) is 0 Å². The van der Waals surface area contributed by atoms with Crippen LogP contribution in [0.5, 0.6) is 0 Å². The normalized spacial score (nSPS) is 15.6. The number of hydrogen-bond donors (Lipinski definition) is 0. The smallest absolute Gasteiger partial charge is 0.371 e. The molecule has 0 saturated carbocycles. The van der Waals surface area contributed by atoms with Crippen molar-refractivity contribution < 1.29 is 22.9 Å². The molecule has 0 N–H and O–H groups in total. The van der Waals surface area contributed by atoms with Crippen molar-refractivity contribution >= 4 is 13.8 Å². The van der Waals surface area contributed by atoms with E-state index in [1.54, 1.807) is 6.92 Å². The van der Waals surface area contributed by atoms with Gasteiger partial charge < -0.3 is 4.52 Å². The molecule has 0 aromatic rings. The SMILES string of the molecule is CCOP(=O)(OC(C)=O)OC(C)(CC)CC. The van der Waals surface area contributed by atoms with Crippen LogP contribution in [0.2, 0.25) is 0 Å². The predicted octanol–water partition coefficient (Wildman–Crippen LogP) is 3.29. The zero-order valence-electron chi connectivity index (χ0n) is 10.6. The average molecular weight is 252 g/mol. The van der Waals surface area contributed by atoms with Gasteiger partial charge in [-0.3, -0.25) is 13.8 Å². The van der Waals surface area contributed by atoms with Gasteiger partial charge in [0.1, 0.15) is 0 Å². The van der Waals surface area contributed by atoms with Crippen molar-refractivity contribution in [1.29, 1.82) is 0 Å². The molecule has 6 heteroatoms. The Kier molecular flexibility index (Phi) is 6.23. The largest absolute Gasteiger partial charge is 0.532 e. The van der Waals surface area contributed by atoms with Crippen molar-refractivity contribution in [2.45, 2.75) is 53.1 Å². The third kappa shape index (κ3) is 5.10. The number of phosphoric ester groups is 1. The van der Waals surface area contributed by atoms with E-state index in [1.807, 2.05) is 20.8 Å². The van der Waals surface area contributed by atoms with Crippen LogP contribution < -0.4 is 0 Å². The highest BCUT2D eigenvalue weighted by Gasteiger charge is 2.37. The van der Waals surface area contributed by atoms with Gasteiger partial charge in [-0.25, -0.2) is 4.57 Å². The van der Waals surface area contributed by atoms with E-state index in [0.717, 1.165) is 0 Å². The summed E-state index contributed by atoms with van der Waals surface area (Å²) in [5.74, 6) is -0.675. The maximum atomic E-state index is 12.1.